The molecule has 5 nitrogen and oxygen atoms in total. The SMILES string of the molecule is CCOC(=O)COCC(N)c1cc(C)c(OC)c(C)c1. The second kappa shape index (κ2) is 7.87. The molecule has 2 N–H and O–H groups in total. The van der Waals surface area contributed by atoms with Crippen LogP contribution in [0.2, 0.25) is 0 Å². The van der Waals surface area contributed by atoms with Crippen LogP contribution in [0.4, 0.5) is 0 Å². The van der Waals surface area contributed by atoms with Crippen LogP contribution in [0.25, 0.3) is 0 Å². The molecule has 1 aromatic rings. The van der Waals surface area contributed by atoms with Gasteiger partial charge in [0.1, 0.15) is 12.4 Å². The first kappa shape index (κ1) is 16.5. The Balaban J connectivity index is 2.60. The van der Waals surface area contributed by atoms with Crippen LogP contribution in [0, 0.1) is 13.8 Å². The van der Waals surface area contributed by atoms with Crippen LogP contribution >= 0.6 is 0 Å². The van der Waals surface area contributed by atoms with Gasteiger partial charge in [-0.05, 0) is 37.5 Å². The first-order valence-electron chi connectivity index (χ1n) is 6.63. The minimum absolute atomic E-state index is 0.0738. The molecule has 1 atom stereocenters. The van der Waals surface area contributed by atoms with Crippen molar-refractivity contribution in [3.8, 4) is 5.75 Å². The van der Waals surface area contributed by atoms with Crippen LogP contribution in [0.3, 0.4) is 0 Å². The Labute approximate surface area is 120 Å². The topological polar surface area (TPSA) is 70.8 Å². The molecule has 5 heteroatoms. The zero-order valence-corrected chi connectivity index (χ0v) is 12.6. The van der Waals surface area contributed by atoms with E-state index < -0.39 is 0 Å². The highest BCUT2D eigenvalue weighted by Gasteiger charge is 2.12. The lowest BCUT2D eigenvalue weighted by Crippen LogP contribution is -2.21. The van der Waals surface area contributed by atoms with E-state index in [1.165, 1.54) is 0 Å². The van der Waals surface area contributed by atoms with Crippen molar-refractivity contribution in [2.75, 3.05) is 26.9 Å². The summed E-state index contributed by atoms with van der Waals surface area (Å²) in [6.45, 7) is 6.25. The highest BCUT2D eigenvalue weighted by molar-refractivity contribution is 5.70. The zero-order chi connectivity index (χ0) is 15.1. The van der Waals surface area contributed by atoms with Gasteiger partial charge in [-0.25, -0.2) is 4.79 Å². The highest BCUT2D eigenvalue weighted by Crippen LogP contribution is 2.26. The van der Waals surface area contributed by atoms with E-state index in [1.807, 2.05) is 26.0 Å². The number of hydrogen-bond donors (Lipinski definition) is 1. The molecule has 0 heterocycles. The third-order valence-corrected chi connectivity index (χ3v) is 2.94. The number of rotatable bonds is 7. The molecule has 0 saturated carbocycles. The molecule has 0 fully saturated rings. The molecule has 0 radical (unpaired) electrons. The van der Waals surface area contributed by atoms with Crippen molar-refractivity contribution in [3.63, 3.8) is 0 Å². The predicted molar refractivity (Wildman–Crippen MR) is 76.8 cm³/mol. The average Bonchev–Trinajstić information content (AvgIpc) is 2.38. The maximum Gasteiger partial charge on any atom is 0.332 e. The number of carbonyl (C=O) groups is 1. The smallest absolute Gasteiger partial charge is 0.332 e. The van der Waals surface area contributed by atoms with Crippen LogP contribution < -0.4 is 10.5 Å². The molecule has 20 heavy (non-hydrogen) atoms. The molecule has 0 aromatic heterocycles. The van der Waals surface area contributed by atoms with E-state index in [4.69, 9.17) is 19.9 Å². The normalized spacial score (nSPS) is 12.1. The summed E-state index contributed by atoms with van der Waals surface area (Å²) in [5, 5.41) is 0. The van der Waals surface area contributed by atoms with Crippen LogP contribution in [-0.2, 0) is 14.3 Å². The van der Waals surface area contributed by atoms with E-state index in [0.717, 1.165) is 22.4 Å². The number of carbonyl (C=O) groups excluding carboxylic acids is 1. The molecule has 1 rings (SSSR count). The Hall–Kier alpha value is -1.59. The Bertz CT molecular complexity index is 436. The molecule has 112 valence electrons. The fraction of sp³-hybridized carbons (Fsp3) is 0.533. The van der Waals surface area contributed by atoms with Crippen LogP contribution in [0.5, 0.6) is 5.75 Å². The van der Waals surface area contributed by atoms with Crippen molar-refractivity contribution in [3.05, 3.63) is 28.8 Å². The van der Waals surface area contributed by atoms with E-state index in [0.29, 0.717) is 6.61 Å². The minimum Gasteiger partial charge on any atom is -0.496 e. The van der Waals surface area contributed by atoms with Gasteiger partial charge in [-0.3, -0.25) is 0 Å². The number of esters is 1. The zero-order valence-electron chi connectivity index (χ0n) is 12.6. The Morgan fingerprint density at radius 2 is 1.90 bits per heavy atom. The monoisotopic (exact) mass is 281 g/mol. The van der Waals surface area contributed by atoms with Crippen molar-refractivity contribution in [2.24, 2.45) is 5.73 Å². The van der Waals surface area contributed by atoms with Crippen molar-refractivity contribution in [2.45, 2.75) is 26.8 Å². The van der Waals surface area contributed by atoms with Crippen molar-refractivity contribution in [1.82, 2.24) is 0 Å². The molecular formula is C15H23NO4. The molecule has 1 aromatic carbocycles. The summed E-state index contributed by atoms with van der Waals surface area (Å²) in [6.07, 6.45) is 0. The first-order chi connectivity index (χ1) is 9.49. The third kappa shape index (κ3) is 4.51. The van der Waals surface area contributed by atoms with E-state index >= 15 is 0 Å². The fourth-order valence-electron chi connectivity index (χ4n) is 2.09. The van der Waals surface area contributed by atoms with Gasteiger partial charge in [0.05, 0.1) is 26.4 Å². The summed E-state index contributed by atoms with van der Waals surface area (Å²) in [6, 6.07) is 3.67. The Morgan fingerprint density at radius 3 is 2.40 bits per heavy atom. The summed E-state index contributed by atoms with van der Waals surface area (Å²) < 4.78 is 15.4. The number of aryl methyl sites for hydroxylation is 2. The second-order valence-electron chi connectivity index (χ2n) is 4.61. The summed E-state index contributed by atoms with van der Waals surface area (Å²) >= 11 is 0. The number of ether oxygens (including phenoxy) is 3. The van der Waals surface area contributed by atoms with Gasteiger partial charge in [-0.15, -0.1) is 0 Å². The molecule has 0 aliphatic heterocycles. The summed E-state index contributed by atoms with van der Waals surface area (Å²) in [5.74, 6) is 0.496. The lowest BCUT2D eigenvalue weighted by molar-refractivity contribution is -0.148. The maximum absolute atomic E-state index is 11.1. The molecule has 0 aliphatic rings. The van der Waals surface area contributed by atoms with Gasteiger partial charge in [0.15, 0.2) is 0 Å². The number of benzene rings is 1. The standard InChI is InChI=1S/C15H23NO4/c1-5-20-14(17)9-19-8-13(16)12-6-10(2)15(18-4)11(3)7-12/h6-7,13H,5,8-9,16H2,1-4H3. The summed E-state index contributed by atoms with van der Waals surface area (Å²) in [4.78, 5) is 11.1. The molecule has 0 bridgehead atoms. The Kier molecular flexibility index (Phi) is 6.48. The second-order valence-corrected chi connectivity index (χ2v) is 4.61. The largest absolute Gasteiger partial charge is 0.496 e. The van der Waals surface area contributed by atoms with E-state index in [-0.39, 0.29) is 25.2 Å². The van der Waals surface area contributed by atoms with Gasteiger partial charge in [-0.1, -0.05) is 12.1 Å². The molecule has 0 saturated heterocycles. The third-order valence-electron chi connectivity index (χ3n) is 2.94. The fourth-order valence-corrected chi connectivity index (χ4v) is 2.09. The number of methoxy groups -OCH3 is 1. The van der Waals surface area contributed by atoms with E-state index in [2.05, 4.69) is 0 Å². The lowest BCUT2D eigenvalue weighted by Gasteiger charge is -2.16. The number of nitrogens with two attached hydrogens (primary N) is 1. The quantitative estimate of drug-likeness (QED) is 0.773. The van der Waals surface area contributed by atoms with Gasteiger partial charge in [0.2, 0.25) is 0 Å². The van der Waals surface area contributed by atoms with Gasteiger partial charge in [0, 0.05) is 0 Å². The van der Waals surface area contributed by atoms with E-state index in [9.17, 15) is 4.79 Å². The predicted octanol–water partition coefficient (Wildman–Crippen LogP) is 1.89. The van der Waals surface area contributed by atoms with Crippen molar-refractivity contribution < 1.29 is 19.0 Å². The minimum atomic E-state index is -0.373. The molecule has 0 amide bonds. The van der Waals surface area contributed by atoms with Crippen molar-refractivity contribution in [1.29, 1.82) is 0 Å². The van der Waals surface area contributed by atoms with Crippen molar-refractivity contribution >= 4 is 5.97 Å². The first-order valence-corrected chi connectivity index (χ1v) is 6.63. The van der Waals surface area contributed by atoms with Crippen LogP contribution in [-0.4, -0.2) is 32.9 Å². The summed E-state index contributed by atoms with van der Waals surface area (Å²) in [5.41, 5.74) is 9.09. The van der Waals surface area contributed by atoms with E-state index in [1.54, 1.807) is 14.0 Å². The average molecular weight is 281 g/mol. The molecule has 0 aliphatic carbocycles. The maximum atomic E-state index is 11.1. The molecule has 1 unspecified atom stereocenters. The van der Waals surface area contributed by atoms with Gasteiger partial charge >= 0.3 is 5.97 Å². The molecule has 0 spiro atoms. The van der Waals surface area contributed by atoms with Gasteiger partial charge in [0.25, 0.3) is 0 Å². The highest BCUT2D eigenvalue weighted by atomic mass is 16.6. The van der Waals surface area contributed by atoms with Gasteiger partial charge < -0.3 is 19.9 Å². The lowest BCUT2D eigenvalue weighted by atomic mass is 10.0. The van der Waals surface area contributed by atoms with Gasteiger partial charge in [-0.2, -0.15) is 0 Å². The number of hydrogen-bond acceptors (Lipinski definition) is 5. The van der Waals surface area contributed by atoms with Crippen LogP contribution in [0.15, 0.2) is 12.1 Å². The van der Waals surface area contributed by atoms with Crippen LogP contribution in [0.1, 0.15) is 29.7 Å². The Morgan fingerprint density at radius 1 is 1.30 bits per heavy atom. The molecular weight excluding hydrogens is 258 g/mol. The summed E-state index contributed by atoms with van der Waals surface area (Å²) in [7, 11) is 1.65.